The molecule has 0 spiro atoms. The summed E-state index contributed by atoms with van der Waals surface area (Å²) in [7, 11) is 0. The molecule has 0 aromatic heterocycles. The summed E-state index contributed by atoms with van der Waals surface area (Å²) >= 11 is 5.88. The average molecular weight is 313 g/mol. The Labute approximate surface area is 132 Å². The van der Waals surface area contributed by atoms with Gasteiger partial charge in [0.15, 0.2) is 0 Å². The first-order valence-corrected chi connectivity index (χ1v) is 7.05. The van der Waals surface area contributed by atoms with Crippen LogP contribution in [0.1, 0.15) is 5.56 Å². The molecule has 0 saturated carbocycles. The molecule has 3 rings (SSSR count). The summed E-state index contributed by atoms with van der Waals surface area (Å²) in [6.45, 7) is 2.00. The Morgan fingerprint density at radius 2 is 1.64 bits per heavy atom. The fraction of sp³-hybridized carbons (Fsp3) is 0.0588. The Balaban J connectivity index is 2.12. The minimum absolute atomic E-state index is 0.0243. The van der Waals surface area contributed by atoms with Gasteiger partial charge in [-0.15, -0.1) is 10.2 Å². The second kappa shape index (κ2) is 5.66. The van der Waals surface area contributed by atoms with Crippen molar-refractivity contribution in [1.82, 2.24) is 0 Å². The molecule has 0 heterocycles. The fourth-order valence-electron chi connectivity index (χ4n) is 2.21. The molecular formula is C17H13ClN2O2. The third-order valence-electron chi connectivity index (χ3n) is 3.32. The summed E-state index contributed by atoms with van der Waals surface area (Å²) in [5.41, 5.74) is 1.72. The van der Waals surface area contributed by atoms with Gasteiger partial charge in [-0.2, -0.15) is 0 Å². The number of halogens is 1. The van der Waals surface area contributed by atoms with Crippen LogP contribution in [0.2, 0.25) is 5.02 Å². The predicted octanol–water partition coefficient (Wildman–Crippen LogP) is 5.63. The lowest BCUT2D eigenvalue weighted by Gasteiger charge is -2.05. The maximum Gasteiger partial charge on any atom is 0.143 e. The summed E-state index contributed by atoms with van der Waals surface area (Å²) in [5.74, 6) is 0.00495. The van der Waals surface area contributed by atoms with E-state index in [0.717, 1.165) is 16.3 Å². The highest BCUT2D eigenvalue weighted by molar-refractivity contribution is 6.30. The number of phenols is 2. The number of phenolic OH excluding ortho intramolecular Hbond substituents is 2. The zero-order chi connectivity index (χ0) is 15.7. The topological polar surface area (TPSA) is 65.2 Å². The van der Waals surface area contributed by atoms with E-state index in [0.29, 0.717) is 10.7 Å². The van der Waals surface area contributed by atoms with Crippen molar-refractivity contribution in [3.63, 3.8) is 0 Å². The van der Waals surface area contributed by atoms with Gasteiger partial charge in [-0.05, 0) is 36.6 Å². The van der Waals surface area contributed by atoms with Crippen molar-refractivity contribution in [2.45, 2.75) is 6.92 Å². The van der Waals surface area contributed by atoms with Crippen LogP contribution in [0.5, 0.6) is 11.5 Å². The quantitative estimate of drug-likeness (QED) is 0.602. The number of rotatable bonds is 2. The van der Waals surface area contributed by atoms with Crippen LogP contribution in [0.25, 0.3) is 10.8 Å². The molecule has 0 saturated heterocycles. The normalized spacial score (nSPS) is 11.4. The SMILES string of the molecule is Cc1ccc2c(N=Nc3cc(Cl)ccc3O)c(O)ccc2c1. The van der Waals surface area contributed by atoms with E-state index < -0.39 is 0 Å². The lowest BCUT2D eigenvalue weighted by molar-refractivity contribution is 0.474. The number of hydrogen-bond donors (Lipinski definition) is 2. The highest BCUT2D eigenvalue weighted by atomic mass is 35.5. The van der Waals surface area contributed by atoms with Crippen molar-refractivity contribution in [3.05, 3.63) is 59.1 Å². The van der Waals surface area contributed by atoms with Crippen LogP contribution in [0.4, 0.5) is 11.4 Å². The zero-order valence-corrected chi connectivity index (χ0v) is 12.5. The summed E-state index contributed by atoms with van der Waals surface area (Å²) in [6, 6.07) is 13.8. The number of aromatic hydroxyl groups is 2. The van der Waals surface area contributed by atoms with Crippen molar-refractivity contribution in [3.8, 4) is 11.5 Å². The van der Waals surface area contributed by atoms with Crippen molar-refractivity contribution in [2.24, 2.45) is 10.2 Å². The molecule has 3 aromatic rings. The Morgan fingerprint density at radius 1 is 0.864 bits per heavy atom. The molecule has 0 fully saturated rings. The van der Waals surface area contributed by atoms with Crippen LogP contribution in [-0.4, -0.2) is 10.2 Å². The molecule has 22 heavy (non-hydrogen) atoms. The van der Waals surface area contributed by atoms with Gasteiger partial charge in [-0.1, -0.05) is 41.4 Å². The van der Waals surface area contributed by atoms with Crippen molar-refractivity contribution >= 4 is 33.7 Å². The van der Waals surface area contributed by atoms with Crippen LogP contribution in [0.15, 0.2) is 58.8 Å². The lowest BCUT2D eigenvalue weighted by atomic mass is 10.1. The predicted molar refractivity (Wildman–Crippen MR) is 87.6 cm³/mol. The van der Waals surface area contributed by atoms with Crippen LogP contribution in [-0.2, 0) is 0 Å². The largest absolute Gasteiger partial charge is 0.506 e. The Hall–Kier alpha value is -2.59. The molecule has 110 valence electrons. The minimum Gasteiger partial charge on any atom is -0.506 e. The molecule has 0 aliphatic rings. The van der Waals surface area contributed by atoms with Gasteiger partial charge in [0.25, 0.3) is 0 Å². The first kappa shape index (κ1) is 14.4. The van der Waals surface area contributed by atoms with Gasteiger partial charge < -0.3 is 10.2 Å². The third kappa shape index (κ3) is 2.73. The Bertz CT molecular complexity index is 891. The van der Waals surface area contributed by atoms with E-state index in [-0.39, 0.29) is 17.2 Å². The van der Waals surface area contributed by atoms with Gasteiger partial charge >= 0.3 is 0 Å². The number of hydrogen-bond acceptors (Lipinski definition) is 4. The zero-order valence-electron chi connectivity index (χ0n) is 11.8. The van der Waals surface area contributed by atoms with E-state index in [1.807, 2.05) is 31.2 Å². The number of benzene rings is 3. The molecule has 0 radical (unpaired) electrons. The van der Waals surface area contributed by atoms with E-state index >= 15 is 0 Å². The maximum absolute atomic E-state index is 10.0. The Morgan fingerprint density at radius 3 is 2.45 bits per heavy atom. The second-order valence-corrected chi connectivity index (χ2v) is 5.43. The minimum atomic E-state index is -0.0243. The summed E-state index contributed by atoms with van der Waals surface area (Å²) in [6.07, 6.45) is 0. The number of aryl methyl sites for hydroxylation is 1. The van der Waals surface area contributed by atoms with Crippen LogP contribution >= 0.6 is 11.6 Å². The van der Waals surface area contributed by atoms with Crippen molar-refractivity contribution in [2.75, 3.05) is 0 Å². The molecule has 0 bridgehead atoms. The molecule has 0 amide bonds. The summed E-state index contributed by atoms with van der Waals surface area (Å²) in [4.78, 5) is 0. The number of nitrogens with zero attached hydrogens (tertiary/aromatic N) is 2. The maximum atomic E-state index is 10.0. The van der Waals surface area contributed by atoms with Crippen molar-refractivity contribution in [1.29, 1.82) is 0 Å². The van der Waals surface area contributed by atoms with Gasteiger partial charge in [-0.3, -0.25) is 0 Å². The summed E-state index contributed by atoms with van der Waals surface area (Å²) < 4.78 is 0. The molecule has 0 aliphatic carbocycles. The monoisotopic (exact) mass is 312 g/mol. The van der Waals surface area contributed by atoms with E-state index in [4.69, 9.17) is 11.6 Å². The molecular weight excluding hydrogens is 300 g/mol. The average Bonchev–Trinajstić information content (AvgIpc) is 2.49. The van der Waals surface area contributed by atoms with Gasteiger partial charge in [0.2, 0.25) is 0 Å². The Kier molecular flexibility index (Phi) is 3.69. The molecule has 0 atom stereocenters. The molecule has 2 N–H and O–H groups in total. The molecule has 4 nitrogen and oxygen atoms in total. The smallest absolute Gasteiger partial charge is 0.143 e. The number of azo groups is 1. The first-order valence-electron chi connectivity index (χ1n) is 6.67. The van der Waals surface area contributed by atoms with E-state index in [1.165, 1.54) is 12.1 Å². The number of fused-ring (bicyclic) bond motifs is 1. The van der Waals surface area contributed by atoms with E-state index in [2.05, 4.69) is 10.2 Å². The van der Waals surface area contributed by atoms with Gasteiger partial charge in [0, 0.05) is 10.4 Å². The third-order valence-corrected chi connectivity index (χ3v) is 3.56. The standard InChI is InChI=1S/C17H13ClN2O2/c1-10-2-5-13-11(8-10)3-6-16(22)17(13)20-19-14-9-12(18)4-7-15(14)21/h2-9,21-22H,1H3. The van der Waals surface area contributed by atoms with Crippen LogP contribution in [0, 0.1) is 6.92 Å². The fourth-order valence-corrected chi connectivity index (χ4v) is 2.37. The van der Waals surface area contributed by atoms with E-state index in [9.17, 15) is 10.2 Å². The van der Waals surface area contributed by atoms with Gasteiger partial charge in [0.1, 0.15) is 22.9 Å². The first-order chi connectivity index (χ1) is 10.5. The highest BCUT2D eigenvalue weighted by Crippen LogP contribution is 2.38. The van der Waals surface area contributed by atoms with Gasteiger partial charge in [0.05, 0.1) is 0 Å². The molecule has 5 heteroatoms. The lowest BCUT2D eigenvalue weighted by Crippen LogP contribution is -1.78. The van der Waals surface area contributed by atoms with E-state index in [1.54, 1.807) is 12.1 Å². The molecule has 0 aliphatic heterocycles. The molecule has 0 unspecified atom stereocenters. The van der Waals surface area contributed by atoms with Gasteiger partial charge in [-0.25, -0.2) is 0 Å². The van der Waals surface area contributed by atoms with Crippen molar-refractivity contribution < 1.29 is 10.2 Å². The second-order valence-electron chi connectivity index (χ2n) is 4.99. The van der Waals surface area contributed by atoms with Crippen LogP contribution in [0.3, 0.4) is 0 Å². The summed E-state index contributed by atoms with van der Waals surface area (Å²) in [5, 5.41) is 30.1. The molecule has 3 aromatic carbocycles. The van der Waals surface area contributed by atoms with Crippen LogP contribution < -0.4 is 0 Å². The highest BCUT2D eigenvalue weighted by Gasteiger charge is 2.07.